The molecule has 0 saturated carbocycles. The Morgan fingerprint density at radius 2 is 2.33 bits per heavy atom. The Hall–Kier alpha value is -0.710. The largest absolute Gasteiger partial charge is 0.336 e. The fourth-order valence-corrected chi connectivity index (χ4v) is 1.80. The standard InChI is InChI=1S/C10H18F2N2O/c1-2-5-13-8-4-3-6-14(10(8)15)7-9(11)12/h8-9,13H,2-7H2,1H3. The number of halogens is 2. The van der Waals surface area contributed by atoms with Gasteiger partial charge in [0.15, 0.2) is 0 Å². The van der Waals surface area contributed by atoms with Crippen LogP contribution < -0.4 is 5.32 Å². The lowest BCUT2D eigenvalue weighted by Gasteiger charge is -2.32. The van der Waals surface area contributed by atoms with Crippen molar-refractivity contribution < 1.29 is 13.6 Å². The van der Waals surface area contributed by atoms with Crippen LogP contribution >= 0.6 is 0 Å². The first-order valence-electron chi connectivity index (χ1n) is 5.45. The molecule has 0 aromatic heterocycles. The molecule has 0 spiro atoms. The fourth-order valence-electron chi connectivity index (χ4n) is 1.80. The first-order valence-corrected chi connectivity index (χ1v) is 5.45. The van der Waals surface area contributed by atoms with E-state index in [1.54, 1.807) is 0 Å². The lowest BCUT2D eigenvalue weighted by Crippen LogP contribution is -2.51. The van der Waals surface area contributed by atoms with Gasteiger partial charge in [0.2, 0.25) is 5.91 Å². The number of nitrogens with zero attached hydrogens (tertiary/aromatic N) is 1. The Kier molecular flexibility index (Phi) is 4.94. The smallest absolute Gasteiger partial charge is 0.255 e. The molecule has 1 amide bonds. The minimum atomic E-state index is -2.43. The third-order valence-electron chi connectivity index (χ3n) is 2.53. The number of likely N-dealkylation sites (tertiary alicyclic amines) is 1. The summed E-state index contributed by atoms with van der Waals surface area (Å²) in [5.41, 5.74) is 0. The van der Waals surface area contributed by atoms with E-state index in [9.17, 15) is 13.6 Å². The van der Waals surface area contributed by atoms with E-state index in [1.165, 1.54) is 4.90 Å². The van der Waals surface area contributed by atoms with Crippen molar-refractivity contribution >= 4 is 5.91 Å². The monoisotopic (exact) mass is 220 g/mol. The van der Waals surface area contributed by atoms with Gasteiger partial charge in [0.1, 0.15) is 0 Å². The van der Waals surface area contributed by atoms with Crippen LogP contribution in [0.4, 0.5) is 8.78 Å². The van der Waals surface area contributed by atoms with Crippen LogP contribution in [0, 0.1) is 0 Å². The van der Waals surface area contributed by atoms with Gasteiger partial charge in [0.25, 0.3) is 6.43 Å². The number of carbonyl (C=O) groups is 1. The van der Waals surface area contributed by atoms with Crippen LogP contribution in [-0.2, 0) is 4.79 Å². The van der Waals surface area contributed by atoms with Crippen molar-refractivity contribution in [2.24, 2.45) is 0 Å². The Balaban J connectivity index is 2.43. The van der Waals surface area contributed by atoms with Crippen LogP contribution in [0.2, 0.25) is 0 Å². The molecule has 1 N–H and O–H groups in total. The van der Waals surface area contributed by atoms with Crippen LogP contribution in [0.5, 0.6) is 0 Å². The Morgan fingerprint density at radius 1 is 1.60 bits per heavy atom. The van der Waals surface area contributed by atoms with Crippen molar-refractivity contribution in [1.29, 1.82) is 0 Å². The normalized spacial score (nSPS) is 22.5. The van der Waals surface area contributed by atoms with Crippen LogP contribution in [0.1, 0.15) is 26.2 Å². The molecule has 0 aliphatic carbocycles. The maximum absolute atomic E-state index is 12.2. The zero-order chi connectivity index (χ0) is 11.3. The van der Waals surface area contributed by atoms with Gasteiger partial charge in [0, 0.05) is 6.54 Å². The summed E-state index contributed by atoms with van der Waals surface area (Å²) in [4.78, 5) is 13.0. The van der Waals surface area contributed by atoms with Gasteiger partial charge < -0.3 is 10.2 Å². The van der Waals surface area contributed by atoms with Gasteiger partial charge >= 0.3 is 0 Å². The van der Waals surface area contributed by atoms with E-state index in [-0.39, 0.29) is 11.9 Å². The minimum Gasteiger partial charge on any atom is -0.336 e. The second-order valence-electron chi connectivity index (χ2n) is 3.82. The zero-order valence-electron chi connectivity index (χ0n) is 9.01. The molecule has 1 aliphatic rings. The maximum atomic E-state index is 12.2. The molecule has 1 unspecified atom stereocenters. The summed E-state index contributed by atoms with van der Waals surface area (Å²) in [6, 6.07) is -0.252. The number of amides is 1. The minimum absolute atomic E-state index is 0.171. The quantitative estimate of drug-likeness (QED) is 0.756. The summed E-state index contributed by atoms with van der Waals surface area (Å²) in [7, 11) is 0. The number of hydrogen-bond acceptors (Lipinski definition) is 2. The third-order valence-corrected chi connectivity index (χ3v) is 2.53. The van der Waals surface area contributed by atoms with Gasteiger partial charge in [-0.05, 0) is 25.8 Å². The first-order chi connectivity index (χ1) is 7.15. The molecule has 1 atom stereocenters. The number of carbonyl (C=O) groups excluding carboxylic acids is 1. The van der Waals surface area contributed by atoms with Gasteiger partial charge in [-0.1, -0.05) is 6.92 Å². The van der Waals surface area contributed by atoms with Crippen molar-refractivity contribution in [3.05, 3.63) is 0 Å². The van der Waals surface area contributed by atoms with E-state index in [2.05, 4.69) is 5.32 Å². The van der Waals surface area contributed by atoms with Crippen molar-refractivity contribution in [1.82, 2.24) is 10.2 Å². The summed E-state index contributed by atoms with van der Waals surface area (Å²) in [6.07, 6.45) is 0.0794. The Labute approximate surface area is 88.8 Å². The molecule has 15 heavy (non-hydrogen) atoms. The highest BCUT2D eigenvalue weighted by atomic mass is 19.3. The summed E-state index contributed by atoms with van der Waals surface area (Å²) in [5, 5.41) is 3.09. The topological polar surface area (TPSA) is 32.3 Å². The van der Waals surface area contributed by atoms with Crippen LogP contribution in [0.25, 0.3) is 0 Å². The molecule has 5 heteroatoms. The number of piperidine rings is 1. The van der Waals surface area contributed by atoms with Gasteiger partial charge in [-0.15, -0.1) is 0 Å². The highest BCUT2D eigenvalue weighted by Gasteiger charge is 2.29. The van der Waals surface area contributed by atoms with E-state index in [1.807, 2.05) is 6.92 Å². The second-order valence-corrected chi connectivity index (χ2v) is 3.82. The van der Waals surface area contributed by atoms with E-state index in [0.717, 1.165) is 25.8 Å². The summed E-state index contributed by atoms with van der Waals surface area (Å²) in [6.45, 7) is 2.81. The molecule has 0 radical (unpaired) electrons. The highest BCUT2D eigenvalue weighted by Crippen LogP contribution is 2.13. The van der Waals surface area contributed by atoms with Crippen molar-refractivity contribution in [3.63, 3.8) is 0 Å². The molecule has 0 bridgehead atoms. The van der Waals surface area contributed by atoms with Crippen molar-refractivity contribution in [3.8, 4) is 0 Å². The molecule has 1 heterocycles. The van der Waals surface area contributed by atoms with Crippen LogP contribution in [0.15, 0.2) is 0 Å². The number of nitrogens with one attached hydrogen (secondary N) is 1. The Morgan fingerprint density at radius 3 is 2.93 bits per heavy atom. The van der Waals surface area contributed by atoms with Gasteiger partial charge in [-0.3, -0.25) is 4.79 Å². The van der Waals surface area contributed by atoms with E-state index >= 15 is 0 Å². The molecule has 3 nitrogen and oxygen atoms in total. The molecular weight excluding hydrogens is 202 g/mol. The van der Waals surface area contributed by atoms with E-state index in [4.69, 9.17) is 0 Å². The summed E-state index contributed by atoms with van der Waals surface area (Å²) in [5.74, 6) is -0.171. The summed E-state index contributed by atoms with van der Waals surface area (Å²) >= 11 is 0. The SMILES string of the molecule is CCCNC1CCCN(CC(F)F)C1=O. The number of alkyl halides is 2. The van der Waals surface area contributed by atoms with E-state index < -0.39 is 13.0 Å². The fraction of sp³-hybridized carbons (Fsp3) is 0.900. The maximum Gasteiger partial charge on any atom is 0.255 e. The highest BCUT2D eigenvalue weighted by molar-refractivity contribution is 5.82. The lowest BCUT2D eigenvalue weighted by atomic mass is 10.0. The molecule has 88 valence electrons. The molecule has 1 aliphatic heterocycles. The molecule has 0 aromatic carbocycles. The predicted molar refractivity (Wildman–Crippen MR) is 53.9 cm³/mol. The molecule has 1 saturated heterocycles. The average molecular weight is 220 g/mol. The zero-order valence-corrected chi connectivity index (χ0v) is 9.01. The van der Waals surface area contributed by atoms with Crippen molar-refractivity contribution in [2.45, 2.75) is 38.7 Å². The molecule has 1 fully saturated rings. The van der Waals surface area contributed by atoms with Crippen LogP contribution in [-0.4, -0.2) is 42.9 Å². The molecule has 1 rings (SSSR count). The van der Waals surface area contributed by atoms with Gasteiger partial charge in [-0.2, -0.15) is 0 Å². The predicted octanol–water partition coefficient (Wildman–Crippen LogP) is 1.24. The average Bonchev–Trinajstić information content (AvgIpc) is 2.19. The Bertz CT molecular complexity index is 212. The second kappa shape index (κ2) is 6.00. The third kappa shape index (κ3) is 3.74. The lowest BCUT2D eigenvalue weighted by molar-refractivity contribution is -0.138. The van der Waals surface area contributed by atoms with Gasteiger partial charge in [-0.25, -0.2) is 8.78 Å². The van der Waals surface area contributed by atoms with E-state index in [0.29, 0.717) is 6.54 Å². The van der Waals surface area contributed by atoms with Crippen molar-refractivity contribution in [2.75, 3.05) is 19.6 Å². The number of rotatable bonds is 5. The molecule has 0 aromatic rings. The van der Waals surface area contributed by atoms with Gasteiger partial charge in [0.05, 0.1) is 12.6 Å². The first kappa shape index (κ1) is 12.4. The number of hydrogen-bond donors (Lipinski definition) is 1. The summed E-state index contributed by atoms with van der Waals surface area (Å²) < 4.78 is 24.3. The van der Waals surface area contributed by atoms with Crippen LogP contribution in [0.3, 0.4) is 0 Å². The molecular formula is C10H18F2N2O.